The van der Waals surface area contributed by atoms with Crippen molar-refractivity contribution in [2.45, 2.75) is 70.5 Å². The molecule has 3 rings (SSSR count). The van der Waals surface area contributed by atoms with E-state index in [-0.39, 0.29) is 5.54 Å². The molecule has 3 unspecified atom stereocenters. The van der Waals surface area contributed by atoms with Gasteiger partial charge in [-0.2, -0.15) is 0 Å². The van der Waals surface area contributed by atoms with Crippen molar-refractivity contribution in [2.24, 2.45) is 11.1 Å². The number of hydrogen-bond donors (Lipinski definition) is 1. The highest BCUT2D eigenvalue weighted by Gasteiger charge is 2.57. The third-order valence-electron chi connectivity index (χ3n) is 6.52. The van der Waals surface area contributed by atoms with Crippen molar-refractivity contribution in [1.82, 2.24) is 9.80 Å². The summed E-state index contributed by atoms with van der Waals surface area (Å²) in [6.45, 7) is 11.9. The molecular weight excluding hydrogens is 234 g/mol. The van der Waals surface area contributed by atoms with Gasteiger partial charge in [-0.1, -0.05) is 13.3 Å². The molecule has 1 saturated carbocycles. The lowest BCUT2D eigenvalue weighted by atomic mass is 9.79. The van der Waals surface area contributed by atoms with Crippen LogP contribution in [0.1, 0.15) is 52.9 Å². The van der Waals surface area contributed by atoms with Crippen LogP contribution in [0.25, 0.3) is 0 Å². The average molecular weight is 265 g/mol. The molecule has 2 aliphatic heterocycles. The van der Waals surface area contributed by atoms with Crippen LogP contribution < -0.4 is 5.73 Å². The van der Waals surface area contributed by atoms with Crippen LogP contribution in [0, 0.1) is 5.41 Å². The number of nitrogens with two attached hydrogens (primary N) is 1. The Hall–Kier alpha value is -0.120. The molecule has 110 valence electrons. The van der Waals surface area contributed by atoms with Gasteiger partial charge in [0.1, 0.15) is 0 Å². The Labute approximate surface area is 118 Å². The van der Waals surface area contributed by atoms with Gasteiger partial charge in [0.05, 0.1) is 0 Å². The van der Waals surface area contributed by atoms with Gasteiger partial charge in [0.15, 0.2) is 0 Å². The normalized spacial score (nSPS) is 38.5. The molecule has 0 aromatic heterocycles. The van der Waals surface area contributed by atoms with E-state index in [9.17, 15) is 0 Å². The van der Waals surface area contributed by atoms with E-state index in [1.807, 2.05) is 0 Å². The van der Waals surface area contributed by atoms with Gasteiger partial charge in [0.2, 0.25) is 0 Å². The number of hydrogen-bond acceptors (Lipinski definition) is 3. The van der Waals surface area contributed by atoms with Crippen LogP contribution in [0.15, 0.2) is 0 Å². The SMILES string of the molecule is CC1CN2CCCCC2CN1C(C)(CN)C1(C)CC1. The van der Waals surface area contributed by atoms with Gasteiger partial charge in [0.25, 0.3) is 0 Å². The molecule has 1 aliphatic carbocycles. The summed E-state index contributed by atoms with van der Waals surface area (Å²) in [6.07, 6.45) is 6.92. The lowest BCUT2D eigenvalue weighted by molar-refractivity contribution is -0.0635. The van der Waals surface area contributed by atoms with Gasteiger partial charge in [-0.3, -0.25) is 9.80 Å². The fourth-order valence-corrected chi connectivity index (χ4v) is 4.48. The van der Waals surface area contributed by atoms with Crippen molar-refractivity contribution in [2.75, 3.05) is 26.2 Å². The zero-order valence-electron chi connectivity index (χ0n) is 13.0. The van der Waals surface area contributed by atoms with E-state index >= 15 is 0 Å². The van der Waals surface area contributed by atoms with E-state index in [1.165, 1.54) is 51.7 Å². The summed E-state index contributed by atoms with van der Waals surface area (Å²) in [4.78, 5) is 5.50. The fourth-order valence-electron chi connectivity index (χ4n) is 4.48. The first-order valence-corrected chi connectivity index (χ1v) is 8.21. The van der Waals surface area contributed by atoms with Gasteiger partial charge in [-0.05, 0) is 51.5 Å². The maximum absolute atomic E-state index is 6.24. The second-order valence-electron chi connectivity index (χ2n) is 7.68. The van der Waals surface area contributed by atoms with Crippen molar-refractivity contribution in [3.8, 4) is 0 Å². The van der Waals surface area contributed by atoms with Crippen molar-refractivity contribution in [3.63, 3.8) is 0 Å². The molecule has 2 N–H and O–H groups in total. The first-order chi connectivity index (χ1) is 9.00. The Bertz CT molecular complexity index is 339. The quantitative estimate of drug-likeness (QED) is 0.848. The van der Waals surface area contributed by atoms with Crippen LogP contribution in [0.5, 0.6) is 0 Å². The smallest absolute Gasteiger partial charge is 0.0361 e. The largest absolute Gasteiger partial charge is 0.329 e. The fraction of sp³-hybridized carbons (Fsp3) is 1.00. The molecule has 0 bridgehead atoms. The minimum Gasteiger partial charge on any atom is -0.329 e. The number of nitrogens with zero attached hydrogens (tertiary/aromatic N) is 2. The van der Waals surface area contributed by atoms with E-state index in [4.69, 9.17) is 5.73 Å². The molecule has 0 aromatic carbocycles. The molecule has 2 heterocycles. The summed E-state index contributed by atoms with van der Waals surface area (Å²) in [5.41, 5.74) is 6.91. The average Bonchev–Trinajstić information content (AvgIpc) is 3.16. The van der Waals surface area contributed by atoms with Gasteiger partial charge < -0.3 is 5.73 Å². The lowest BCUT2D eigenvalue weighted by Gasteiger charge is -2.56. The lowest BCUT2D eigenvalue weighted by Crippen LogP contribution is -2.68. The summed E-state index contributed by atoms with van der Waals surface area (Å²) in [6, 6.07) is 1.44. The summed E-state index contributed by atoms with van der Waals surface area (Å²) in [7, 11) is 0. The van der Waals surface area contributed by atoms with Crippen LogP contribution >= 0.6 is 0 Å². The summed E-state index contributed by atoms with van der Waals surface area (Å²) in [5.74, 6) is 0. The summed E-state index contributed by atoms with van der Waals surface area (Å²) in [5, 5.41) is 0. The van der Waals surface area contributed by atoms with Gasteiger partial charge in [-0.15, -0.1) is 0 Å². The van der Waals surface area contributed by atoms with E-state index in [0.29, 0.717) is 11.5 Å². The highest BCUT2D eigenvalue weighted by atomic mass is 15.3. The Balaban J connectivity index is 1.79. The van der Waals surface area contributed by atoms with E-state index in [1.54, 1.807) is 0 Å². The number of rotatable bonds is 3. The van der Waals surface area contributed by atoms with Crippen LogP contribution in [0.3, 0.4) is 0 Å². The molecule has 0 spiro atoms. The molecule has 0 amide bonds. The number of piperazine rings is 1. The number of fused-ring (bicyclic) bond motifs is 1. The zero-order valence-corrected chi connectivity index (χ0v) is 13.0. The van der Waals surface area contributed by atoms with Crippen LogP contribution in [0.2, 0.25) is 0 Å². The van der Waals surface area contributed by atoms with Gasteiger partial charge in [0, 0.05) is 37.3 Å². The minimum atomic E-state index is 0.204. The molecule has 3 aliphatic rings. The standard InChI is InChI=1S/C16H31N3/c1-13-10-18-9-5-4-6-14(18)11-19(13)16(3,12-17)15(2)7-8-15/h13-14H,4-12,17H2,1-3H3. The van der Waals surface area contributed by atoms with Crippen molar-refractivity contribution in [3.05, 3.63) is 0 Å². The van der Waals surface area contributed by atoms with Crippen LogP contribution in [-0.4, -0.2) is 53.6 Å². The summed E-state index contributed by atoms with van der Waals surface area (Å²) >= 11 is 0. The molecule has 0 radical (unpaired) electrons. The van der Waals surface area contributed by atoms with E-state index < -0.39 is 0 Å². The monoisotopic (exact) mass is 265 g/mol. The topological polar surface area (TPSA) is 32.5 Å². The Kier molecular flexibility index (Phi) is 3.43. The second kappa shape index (κ2) is 4.71. The molecule has 3 nitrogen and oxygen atoms in total. The molecule has 19 heavy (non-hydrogen) atoms. The maximum Gasteiger partial charge on any atom is 0.0361 e. The third kappa shape index (κ3) is 2.14. The Morgan fingerprint density at radius 2 is 2.00 bits per heavy atom. The van der Waals surface area contributed by atoms with Crippen molar-refractivity contribution < 1.29 is 0 Å². The molecule has 0 aromatic rings. The zero-order chi connectivity index (χ0) is 13.7. The van der Waals surface area contributed by atoms with Gasteiger partial charge >= 0.3 is 0 Å². The van der Waals surface area contributed by atoms with Crippen molar-refractivity contribution in [1.29, 1.82) is 0 Å². The molecule has 3 atom stereocenters. The second-order valence-corrected chi connectivity index (χ2v) is 7.68. The molecule has 3 heteroatoms. The predicted octanol–water partition coefficient (Wildman–Crippen LogP) is 2.06. The van der Waals surface area contributed by atoms with Gasteiger partial charge in [-0.25, -0.2) is 0 Å². The van der Waals surface area contributed by atoms with Crippen LogP contribution in [0.4, 0.5) is 0 Å². The number of piperidine rings is 1. The van der Waals surface area contributed by atoms with E-state index in [2.05, 4.69) is 30.6 Å². The first-order valence-electron chi connectivity index (χ1n) is 8.21. The van der Waals surface area contributed by atoms with Crippen molar-refractivity contribution >= 4 is 0 Å². The summed E-state index contributed by atoms with van der Waals surface area (Å²) < 4.78 is 0. The van der Waals surface area contributed by atoms with E-state index in [0.717, 1.165) is 12.6 Å². The maximum atomic E-state index is 6.24. The Morgan fingerprint density at radius 3 is 2.63 bits per heavy atom. The molecule has 3 fully saturated rings. The predicted molar refractivity (Wildman–Crippen MR) is 80.2 cm³/mol. The van der Waals surface area contributed by atoms with Crippen LogP contribution in [-0.2, 0) is 0 Å². The molecule has 2 saturated heterocycles. The Morgan fingerprint density at radius 1 is 1.26 bits per heavy atom. The first kappa shape index (κ1) is 13.8. The highest BCUT2D eigenvalue weighted by Crippen LogP contribution is 2.56. The minimum absolute atomic E-state index is 0.204. The third-order valence-corrected chi connectivity index (χ3v) is 6.52. The highest BCUT2D eigenvalue weighted by molar-refractivity contribution is 5.12. The molecular formula is C16H31N3.